The molecule has 0 aliphatic carbocycles. The molecular weight excluding hydrogens is 266 g/mol. The number of rotatable bonds is 10. The Kier molecular flexibility index (Phi) is 8.99. The molecule has 0 aromatic heterocycles. The molecule has 1 atom stereocenters. The molecule has 0 amide bonds. The van der Waals surface area contributed by atoms with Crippen LogP contribution in [0.3, 0.4) is 0 Å². The van der Waals surface area contributed by atoms with E-state index in [-0.39, 0.29) is 0 Å². The van der Waals surface area contributed by atoms with E-state index in [0.29, 0.717) is 13.0 Å². The smallest absolute Gasteiger partial charge is 0.0802 e. The lowest BCUT2D eigenvalue weighted by Gasteiger charge is -2.15. The summed E-state index contributed by atoms with van der Waals surface area (Å²) in [5, 5.41) is 10.0. The Hall–Kier alpha value is -0.510. The average molecular weight is 295 g/mol. The van der Waals surface area contributed by atoms with Crippen LogP contribution in [0, 0.1) is 5.92 Å². The number of thioether (sulfide) groups is 1. The highest BCUT2D eigenvalue weighted by molar-refractivity contribution is 7.99. The SMILES string of the molecule is CCCC(CCC)CSc1cccc(C(O)CCN)c1. The zero-order valence-electron chi connectivity index (χ0n) is 12.8. The van der Waals surface area contributed by atoms with Crippen LogP contribution < -0.4 is 5.73 Å². The summed E-state index contributed by atoms with van der Waals surface area (Å²) in [5.41, 5.74) is 6.49. The van der Waals surface area contributed by atoms with Gasteiger partial charge < -0.3 is 10.8 Å². The molecule has 114 valence electrons. The third-order valence-corrected chi connectivity index (χ3v) is 4.79. The first kappa shape index (κ1) is 17.5. The van der Waals surface area contributed by atoms with Crippen LogP contribution in [-0.4, -0.2) is 17.4 Å². The summed E-state index contributed by atoms with van der Waals surface area (Å²) in [6.07, 6.45) is 5.36. The van der Waals surface area contributed by atoms with E-state index in [9.17, 15) is 5.11 Å². The van der Waals surface area contributed by atoms with Gasteiger partial charge in [-0.1, -0.05) is 38.8 Å². The van der Waals surface area contributed by atoms with E-state index in [1.165, 1.54) is 36.3 Å². The Morgan fingerprint density at radius 1 is 1.15 bits per heavy atom. The van der Waals surface area contributed by atoms with Gasteiger partial charge >= 0.3 is 0 Å². The maximum absolute atomic E-state index is 10.0. The molecule has 0 aliphatic rings. The molecule has 2 nitrogen and oxygen atoms in total. The molecular formula is C17H29NOS. The van der Waals surface area contributed by atoms with Crippen molar-refractivity contribution in [2.24, 2.45) is 11.7 Å². The van der Waals surface area contributed by atoms with Gasteiger partial charge in [0.25, 0.3) is 0 Å². The molecule has 20 heavy (non-hydrogen) atoms. The van der Waals surface area contributed by atoms with Crippen LogP contribution in [0.5, 0.6) is 0 Å². The van der Waals surface area contributed by atoms with Gasteiger partial charge in [0.1, 0.15) is 0 Å². The van der Waals surface area contributed by atoms with Crippen molar-refractivity contribution in [3.63, 3.8) is 0 Å². The highest BCUT2D eigenvalue weighted by Gasteiger charge is 2.10. The van der Waals surface area contributed by atoms with E-state index in [4.69, 9.17) is 5.73 Å². The normalized spacial score (nSPS) is 12.8. The zero-order chi connectivity index (χ0) is 14.8. The first-order valence-corrected chi connectivity index (χ1v) is 8.80. The second kappa shape index (κ2) is 10.3. The molecule has 1 aromatic rings. The Bertz CT molecular complexity index is 364. The van der Waals surface area contributed by atoms with Crippen molar-refractivity contribution in [2.45, 2.75) is 57.0 Å². The first-order valence-electron chi connectivity index (χ1n) is 7.82. The molecule has 0 bridgehead atoms. The summed E-state index contributed by atoms with van der Waals surface area (Å²) in [4.78, 5) is 1.26. The van der Waals surface area contributed by atoms with Crippen molar-refractivity contribution >= 4 is 11.8 Å². The molecule has 0 heterocycles. The van der Waals surface area contributed by atoms with Crippen molar-refractivity contribution in [3.8, 4) is 0 Å². The fraction of sp³-hybridized carbons (Fsp3) is 0.647. The molecule has 1 unspecified atom stereocenters. The second-order valence-electron chi connectivity index (χ2n) is 5.42. The summed E-state index contributed by atoms with van der Waals surface area (Å²) in [5.74, 6) is 1.99. The van der Waals surface area contributed by atoms with E-state index in [1.807, 2.05) is 23.9 Å². The van der Waals surface area contributed by atoms with E-state index in [2.05, 4.69) is 26.0 Å². The quantitative estimate of drug-likeness (QED) is 0.630. The lowest BCUT2D eigenvalue weighted by atomic mass is 10.0. The van der Waals surface area contributed by atoms with Gasteiger partial charge in [-0.3, -0.25) is 0 Å². The fourth-order valence-corrected chi connectivity index (χ4v) is 3.63. The number of hydrogen-bond acceptors (Lipinski definition) is 3. The van der Waals surface area contributed by atoms with Crippen LogP contribution in [0.4, 0.5) is 0 Å². The van der Waals surface area contributed by atoms with Gasteiger partial charge in [-0.15, -0.1) is 11.8 Å². The Morgan fingerprint density at radius 3 is 2.45 bits per heavy atom. The fourth-order valence-electron chi connectivity index (χ4n) is 2.48. The van der Waals surface area contributed by atoms with Crippen molar-refractivity contribution in [1.29, 1.82) is 0 Å². The molecule has 0 aliphatic heterocycles. The van der Waals surface area contributed by atoms with Crippen LogP contribution in [0.25, 0.3) is 0 Å². The van der Waals surface area contributed by atoms with Gasteiger partial charge in [0.2, 0.25) is 0 Å². The van der Waals surface area contributed by atoms with Crippen molar-refractivity contribution < 1.29 is 5.11 Å². The van der Waals surface area contributed by atoms with Gasteiger partial charge in [-0.05, 0) is 49.4 Å². The molecule has 1 aromatic carbocycles. The number of aliphatic hydroxyl groups excluding tert-OH is 1. The summed E-state index contributed by atoms with van der Waals surface area (Å²) in [7, 11) is 0. The first-order chi connectivity index (χ1) is 9.71. The summed E-state index contributed by atoms with van der Waals surface area (Å²) >= 11 is 1.92. The number of aliphatic hydroxyl groups is 1. The van der Waals surface area contributed by atoms with Gasteiger partial charge in [-0.2, -0.15) is 0 Å². The molecule has 0 saturated heterocycles. The van der Waals surface area contributed by atoms with Crippen LogP contribution >= 0.6 is 11.8 Å². The third-order valence-electron chi connectivity index (χ3n) is 3.56. The molecule has 0 saturated carbocycles. The highest BCUT2D eigenvalue weighted by atomic mass is 32.2. The molecule has 3 N–H and O–H groups in total. The van der Waals surface area contributed by atoms with E-state index >= 15 is 0 Å². The number of nitrogens with two attached hydrogens (primary N) is 1. The van der Waals surface area contributed by atoms with Crippen LogP contribution in [0.1, 0.15) is 57.6 Å². The maximum atomic E-state index is 10.0. The summed E-state index contributed by atoms with van der Waals surface area (Å²) in [6, 6.07) is 8.27. The largest absolute Gasteiger partial charge is 0.388 e. The van der Waals surface area contributed by atoms with Gasteiger partial charge in [0, 0.05) is 10.6 Å². The second-order valence-corrected chi connectivity index (χ2v) is 6.51. The Morgan fingerprint density at radius 2 is 1.85 bits per heavy atom. The van der Waals surface area contributed by atoms with Crippen molar-refractivity contribution in [1.82, 2.24) is 0 Å². The monoisotopic (exact) mass is 295 g/mol. The lowest BCUT2D eigenvalue weighted by molar-refractivity contribution is 0.170. The van der Waals surface area contributed by atoms with E-state index in [1.54, 1.807) is 0 Å². The lowest BCUT2D eigenvalue weighted by Crippen LogP contribution is -2.06. The van der Waals surface area contributed by atoms with Gasteiger partial charge in [0.15, 0.2) is 0 Å². The van der Waals surface area contributed by atoms with Gasteiger partial charge in [-0.25, -0.2) is 0 Å². The molecule has 0 radical (unpaired) electrons. The van der Waals surface area contributed by atoms with Gasteiger partial charge in [0.05, 0.1) is 6.10 Å². The third kappa shape index (κ3) is 6.29. The van der Waals surface area contributed by atoms with Crippen molar-refractivity contribution in [3.05, 3.63) is 29.8 Å². The molecule has 3 heteroatoms. The number of hydrogen-bond donors (Lipinski definition) is 2. The Labute approximate surface area is 128 Å². The van der Waals surface area contributed by atoms with E-state index in [0.717, 1.165) is 11.5 Å². The van der Waals surface area contributed by atoms with Crippen LogP contribution in [0.2, 0.25) is 0 Å². The highest BCUT2D eigenvalue weighted by Crippen LogP contribution is 2.28. The minimum Gasteiger partial charge on any atom is -0.388 e. The molecule has 0 fully saturated rings. The summed E-state index contributed by atoms with van der Waals surface area (Å²) < 4.78 is 0. The predicted octanol–water partition coefficient (Wildman–Crippen LogP) is 4.38. The van der Waals surface area contributed by atoms with Crippen LogP contribution in [-0.2, 0) is 0 Å². The topological polar surface area (TPSA) is 46.2 Å². The minimum absolute atomic E-state index is 0.428. The summed E-state index contributed by atoms with van der Waals surface area (Å²) in [6.45, 7) is 5.04. The molecule has 0 spiro atoms. The Balaban J connectivity index is 2.56. The van der Waals surface area contributed by atoms with Crippen LogP contribution in [0.15, 0.2) is 29.2 Å². The van der Waals surface area contributed by atoms with Crippen molar-refractivity contribution in [2.75, 3.05) is 12.3 Å². The minimum atomic E-state index is -0.428. The zero-order valence-corrected chi connectivity index (χ0v) is 13.7. The molecule has 1 rings (SSSR count). The average Bonchev–Trinajstić information content (AvgIpc) is 2.46. The standard InChI is InChI=1S/C17H29NOS/c1-3-6-14(7-4-2)13-20-16-9-5-8-15(12-16)17(19)10-11-18/h5,8-9,12,14,17,19H,3-4,6-7,10-11,13,18H2,1-2H3. The number of benzene rings is 1. The predicted molar refractivity (Wildman–Crippen MR) is 89.1 cm³/mol. The maximum Gasteiger partial charge on any atom is 0.0802 e. The van der Waals surface area contributed by atoms with E-state index < -0.39 is 6.10 Å².